The Labute approximate surface area is 114 Å². The van der Waals surface area contributed by atoms with Crippen molar-refractivity contribution < 1.29 is 0 Å². The Kier molecular flexibility index (Phi) is 7.87. The summed E-state index contributed by atoms with van der Waals surface area (Å²) in [7, 11) is 2.23. The highest BCUT2D eigenvalue weighted by Gasteiger charge is 2.17. The summed E-state index contributed by atoms with van der Waals surface area (Å²) in [5, 5.41) is 3.57. The Morgan fingerprint density at radius 1 is 1.22 bits per heavy atom. The number of unbranched alkanes of at least 4 members (excludes halogenated alkanes) is 1. The van der Waals surface area contributed by atoms with Crippen molar-refractivity contribution in [3.8, 4) is 0 Å². The summed E-state index contributed by atoms with van der Waals surface area (Å²) in [5.41, 5.74) is 0. The molecule has 1 saturated heterocycles. The lowest BCUT2D eigenvalue weighted by Crippen LogP contribution is -2.42. The van der Waals surface area contributed by atoms with Gasteiger partial charge in [-0.25, -0.2) is 0 Å². The van der Waals surface area contributed by atoms with Crippen molar-refractivity contribution in [1.82, 2.24) is 15.1 Å². The van der Waals surface area contributed by atoms with Crippen molar-refractivity contribution in [3.05, 3.63) is 0 Å². The minimum atomic E-state index is 0.681. The molecule has 0 radical (unpaired) electrons. The van der Waals surface area contributed by atoms with E-state index in [0.29, 0.717) is 6.04 Å². The molecule has 1 rings (SSSR count). The molecule has 0 amide bonds. The maximum atomic E-state index is 3.57. The van der Waals surface area contributed by atoms with Gasteiger partial charge in [0.1, 0.15) is 0 Å². The SMILES string of the molecule is CCNC1CCN(CCCCN(C)C(C)C)CC1. The topological polar surface area (TPSA) is 18.5 Å². The molecule has 3 heteroatoms. The molecule has 0 aromatic heterocycles. The van der Waals surface area contributed by atoms with Crippen LogP contribution in [0.3, 0.4) is 0 Å². The van der Waals surface area contributed by atoms with Crippen LogP contribution >= 0.6 is 0 Å². The molecular formula is C15H33N3. The van der Waals surface area contributed by atoms with E-state index in [2.05, 4.69) is 42.9 Å². The molecule has 0 bridgehead atoms. The molecule has 0 aliphatic carbocycles. The largest absolute Gasteiger partial charge is 0.314 e. The predicted octanol–water partition coefficient (Wildman–Crippen LogP) is 2.18. The van der Waals surface area contributed by atoms with Crippen LogP contribution in [0.15, 0.2) is 0 Å². The monoisotopic (exact) mass is 255 g/mol. The molecule has 3 nitrogen and oxygen atoms in total. The number of rotatable bonds is 8. The van der Waals surface area contributed by atoms with E-state index >= 15 is 0 Å². The van der Waals surface area contributed by atoms with Gasteiger partial charge in [-0.05, 0) is 79.3 Å². The van der Waals surface area contributed by atoms with Crippen LogP contribution in [0.4, 0.5) is 0 Å². The normalized spacial score (nSPS) is 19.0. The summed E-state index contributed by atoms with van der Waals surface area (Å²) in [6, 6.07) is 1.46. The van der Waals surface area contributed by atoms with Crippen LogP contribution in [0.5, 0.6) is 0 Å². The fourth-order valence-electron chi connectivity index (χ4n) is 2.60. The third-order valence-electron chi connectivity index (χ3n) is 4.20. The summed E-state index contributed by atoms with van der Waals surface area (Å²) >= 11 is 0. The highest BCUT2D eigenvalue weighted by molar-refractivity contribution is 4.76. The molecule has 0 saturated carbocycles. The molecule has 0 unspecified atom stereocenters. The Hall–Kier alpha value is -0.120. The molecular weight excluding hydrogens is 222 g/mol. The van der Waals surface area contributed by atoms with E-state index in [1.165, 1.54) is 51.9 Å². The first-order chi connectivity index (χ1) is 8.63. The molecule has 0 aromatic rings. The van der Waals surface area contributed by atoms with Gasteiger partial charge in [0.2, 0.25) is 0 Å². The van der Waals surface area contributed by atoms with Gasteiger partial charge in [-0.3, -0.25) is 0 Å². The van der Waals surface area contributed by atoms with Gasteiger partial charge in [0.15, 0.2) is 0 Å². The molecule has 1 fully saturated rings. The number of likely N-dealkylation sites (tertiary alicyclic amines) is 1. The quantitative estimate of drug-likeness (QED) is 0.671. The van der Waals surface area contributed by atoms with Crippen LogP contribution in [0.1, 0.15) is 46.5 Å². The smallest absolute Gasteiger partial charge is 0.00912 e. The van der Waals surface area contributed by atoms with Crippen molar-refractivity contribution in [2.24, 2.45) is 0 Å². The zero-order valence-electron chi connectivity index (χ0n) is 12.9. The lowest BCUT2D eigenvalue weighted by atomic mass is 10.0. The molecule has 108 valence electrons. The maximum Gasteiger partial charge on any atom is 0.00912 e. The summed E-state index contributed by atoms with van der Waals surface area (Å²) in [4.78, 5) is 5.08. The fraction of sp³-hybridized carbons (Fsp3) is 1.00. The predicted molar refractivity (Wildman–Crippen MR) is 80.1 cm³/mol. The van der Waals surface area contributed by atoms with Gasteiger partial charge in [-0.2, -0.15) is 0 Å². The van der Waals surface area contributed by atoms with Crippen molar-refractivity contribution in [3.63, 3.8) is 0 Å². The van der Waals surface area contributed by atoms with Crippen molar-refractivity contribution in [2.75, 3.05) is 39.8 Å². The van der Waals surface area contributed by atoms with Crippen LogP contribution in [-0.2, 0) is 0 Å². The number of piperidine rings is 1. The van der Waals surface area contributed by atoms with Crippen LogP contribution in [0.2, 0.25) is 0 Å². The van der Waals surface area contributed by atoms with Gasteiger partial charge < -0.3 is 15.1 Å². The fourth-order valence-corrected chi connectivity index (χ4v) is 2.60. The minimum absolute atomic E-state index is 0.681. The second-order valence-corrected chi connectivity index (χ2v) is 5.96. The number of hydrogen-bond donors (Lipinski definition) is 1. The van der Waals surface area contributed by atoms with E-state index in [-0.39, 0.29) is 0 Å². The molecule has 1 aliphatic rings. The Morgan fingerprint density at radius 3 is 2.44 bits per heavy atom. The average molecular weight is 255 g/mol. The maximum absolute atomic E-state index is 3.57. The third-order valence-corrected chi connectivity index (χ3v) is 4.20. The molecule has 1 heterocycles. The number of hydrogen-bond acceptors (Lipinski definition) is 3. The molecule has 1 aliphatic heterocycles. The van der Waals surface area contributed by atoms with Crippen molar-refractivity contribution in [1.29, 1.82) is 0 Å². The Bertz CT molecular complexity index is 198. The average Bonchev–Trinajstić information content (AvgIpc) is 2.36. The number of nitrogens with one attached hydrogen (secondary N) is 1. The van der Waals surface area contributed by atoms with Gasteiger partial charge in [0.05, 0.1) is 0 Å². The summed E-state index contributed by atoms with van der Waals surface area (Å²) in [6.45, 7) is 13.0. The molecule has 0 atom stereocenters. The summed E-state index contributed by atoms with van der Waals surface area (Å²) in [6.07, 6.45) is 5.35. The zero-order chi connectivity index (χ0) is 13.4. The third kappa shape index (κ3) is 6.17. The highest BCUT2D eigenvalue weighted by Crippen LogP contribution is 2.11. The second kappa shape index (κ2) is 8.89. The first-order valence-electron chi connectivity index (χ1n) is 7.79. The second-order valence-electron chi connectivity index (χ2n) is 5.96. The van der Waals surface area contributed by atoms with Gasteiger partial charge in [-0.1, -0.05) is 6.92 Å². The minimum Gasteiger partial charge on any atom is -0.314 e. The van der Waals surface area contributed by atoms with Gasteiger partial charge in [0, 0.05) is 12.1 Å². The van der Waals surface area contributed by atoms with Gasteiger partial charge >= 0.3 is 0 Å². The first kappa shape index (κ1) is 15.9. The van der Waals surface area contributed by atoms with E-state index in [9.17, 15) is 0 Å². The van der Waals surface area contributed by atoms with E-state index in [0.717, 1.165) is 12.6 Å². The number of nitrogens with zero attached hydrogens (tertiary/aromatic N) is 2. The lowest BCUT2D eigenvalue weighted by Gasteiger charge is -2.32. The van der Waals surface area contributed by atoms with Crippen LogP contribution in [-0.4, -0.2) is 61.7 Å². The van der Waals surface area contributed by atoms with E-state index < -0.39 is 0 Å². The van der Waals surface area contributed by atoms with Crippen LogP contribution in [0.25, 0.3) is 0 Å². The molecule has 1 N–H and O–H groups in total. The van der Waals surface area contributed by atoms with E-state index in [4.69, 9.17) is 0 Å². The van der Waals surface area contributed by atoms with E-state index in [1.807, 2.05) is 0 Å². The van der Waals surface area contributed by atoms with Crippen molar-refractivity contribution >= 4 is 0 Å². The van der Waals surface area contributed by atoms with Gasteiger partial charge in [-0.15, -0.1) is 0 Å². The van der Waals surface area contributed by atoms with E-state index in [1.54, 1.807) is 0 Å². The van der Waals surface area contributed by atoms with Crippen LogP contribution in [0, 0.1) is 0 Å². The van der Waals surface area contributed by atoms with Crippen LogP contribution < -0.4 is 5.32 Å². The molecule has 0 aromatic carbocycles. The molecule has 0 spiro atoms. The summed E-state index contributed by atoms with van der Waals surface area (Å²) in [5.74, 6) is 0. The zero-order valence-corrected chi connectivity index (χ0v) is 12.9. The summed E-state index contributed by atoms with van der Waals surface area (Å²) < 4.78 is 0. The lowest BCUT2D eigenvalue weighted by molar-refractivity contribution is 0.190. The van der Waals surface area contributed by atoms with Gasteiger partial charge in [0.25, 0.3) is 0 Å². The Morgan fingerprint density at radius 2 is 1.89 bits per heavy atom. The highest BCUT2D eigenvalue weighted by atomic mass is 15.1. The van der Waals surface area contributed by atoms with Crippen molar-refractivity contribution in [2.45, 2.75) is 58.5 Å². The first-order valence-corrected chi connectivity index (χ1v) is 7.79. The molecule has 18 heavy (non-hydrogen) atoms. The standard InChI is InChI=1S/C15H33N3/c1-5-16-15-8-12-18(13-9-15)11-7-6-10-17(4)14(2)3/h14-16H,5-13H2,1-4H3. The Balaban J connectivity index is 2.01.